The molecular weight excluding hydrogens is 188 g/mol. The Morgan fingerprint density at radius 1 is 1.62 bits per heavy atom. The van der Waals surface area contributed by atoms with Crippen molar-refractivity contribution in [1.82, 2.24) is 9.80 Å². The second-order valence-corrected chi connectivity index (χ2v) is 4.05. The fourth-order valence-electron chi connectivity index (χ4n) is 1.85. The van der Waals surface area contributed by atoms with Gasteiger partial charge in [0.2, 0.25) is 5.91 Å². The summed E-state index contributed by atoms with van der Waals surface area (Å²) in [6, 6.07) is 0.376. The van der Waals surface area contributed by atoms with Gasteiger partial charge >= 0.3 is 0 Å². The maximum Gasteiger partial charge on any atom is 0.237 e. The van der Waals surface area contributed by atoms with Crippen LogP contribution in [0.15, 0.2) is 0 Å². The van der Waals surface area contributed by atoms with Gasteiger partial charge in [0.15, 0.2) is 0 Å². The molecule has 0 unspecified atom stereocenters. The number of likely N-dealkylation sites (N-methyl/N-ethyl adjacent to an activating group) is 1. The number of carbonyl (C=O) groups is 1. The normalized spacial score (nSPS) is 22.8. The number of amides is 1. The molecule has 3 nitrogen and oxygen atoms in total. The number of likely N-dealkylation sites (tertiary alicyclic amines) is 1. The molecule has 76 valence electrons. The monoisotopic (exact) mass is 204 g/mol. The minimum absolute atomic E-state index is 0.0750. The molecule has 1 atom stereocenters. The van der Waals surface area contributed by atoms with Crippen LogP contribution in [0, 0.1) is 0 Å². The molecule has 0 aromatic rings. The van der Waals surface area contributed by atoms with Gasteiger partial charge in [0.05, 0.1) is 0 Å². The Morgan fingerprint density at radius 3 is 2.85 bits per heavy atom. The van der Waals surface area contributed by atoms with E-state index in [-0.39, 0.29) is 11.8 Å². The van der Waals surface area contributed by atoms with Crippen molar-refractivity contribution in [3.8, 4) is 0 Å². The predicted molar refractivity (Wildman–Crippen MR) is 54.0 cm³/mol. The molecule has 1 aliphatic rings. The van der Waals surface area contributed by atoms with E-state index in [9.17, 15) is 4.79 Å². The topological polar surface area (TPSA) is 23.6 Å². The van der Waals surface area contributed by atoms with Crippen molar-refractivity contribution in [2.75, 3.05) is 33.1 Å². The largest absolute Gasteiger partial charge is 0.337 e. The van der Waals surface area contributed by atoms with Crippen LogP contribution in [0.2, 0.25) is 0 Å². The summed E-state index contributed by atoms with van der Waals surface area (Å²) in [5.74, 6) is 0.190. The van der Waals surface area contributed by atoms with E-state index in [1.54, 1.807) is 0 Å². The van der Waals surface area contributed by atoms with Crippen LogP contribution in [0.1, 0.15) is 12.8 Å². The van der Waals surface area contributed by atoms with Crippen LogP contribution in [-0.4, -0.2) is 54.8 Å². The highest BCUT2D eigenvalue weighted by Gasteiger charge is 2.27. The van der Waals surface area contributed by atoms with Crippen molar-refractivity contribution in [3.05, 3.63) is 0 Å². The molecule has 0 aromatic carbocycles. The molecule has 0 radical (unpaired) electrons. The van der Waals surface area contributed by atoms with E-state index in [1.807, 2.05) is 19.0 Å². The average molecular weight is 205 g/mol. The third-order valence-corrected chi connectivity index (χ3v) is 2.62. The molecule has 1 aliphatic heterocycles. The highest BCUT2D eigenvalue weighted by Crippen LogP contribution is 2.17. The molecule has 0 aromatic heterocycles. The average Bonchev–Trinajstić information content (AvgIpc) is 2.50. The zero-order valence-electron chi connectivity index (χ0n) is 8.29. The van der Waals surface area contributed by atoms with Crippen molar-refractivity contribution in [2.24, 2.45) is 0 Å². The Morgan fingerprint density at radius 2 is 2.31 bits per heavy atom. The standard InChI is InChI=1S/C9H17ClN2O/c1-11(2)7-8-4-3-5-12(8)9(13)6-10/h8H,3-7H2,1-2H3/t8-/m0/s1. The third-order valence-electron chi connectivity index (χ3n) is 2.39. The van der Waals surface area contributed by atoms with Gasteiger partial charge in [0.1, 0.15) is 5.88 Å². The second-order valence-electron chi connectivity index (χ2n) is 3.78. The van der Waals surface area contributed by atoms with E-state index in [1.165, 1.54) is 0 Å². The molecular formula is C9H17ClN2O. The van der Waals surface area contributed by atoms with E-state index in [0.717, 1.165) is 25.9 Å². The quantitative estimate of drug-likeness (QED) is 0.635. The van der Waals surface area contributed by atoms with Crippen molar-refractivity contribution in [1.29, 1.82) is 0 Å². The Bertz CT molecular complexity index is 184. The maximum atomic E-state index is 11.4. The molecule has 1 rings (SSSR count). The van der Waals surface area contributed by atoms with E-state index >= 15 is 0 Å². The lowest BCUT2D eigenvalue weighted by Gasteiger charge is -2.26. The van der Waals surface area contributed by atoms with E-state index in [2.05, 4.69) is 4.90 Å². The van der Waals surface area contributed by atoms with Gasteiger partial charge in [-0.25, -0.2) is 0 Å². The molecule has 0 saturated carbocycles. The van der Waals surface area contributed by atoms with Gasteiger partial charge in [0, 0.05) is 19.1 Å². The van der Waals surface area contributed by atoms with Gasteiger partial charge in [-0.15, -0.1) is 11.6 Å². The zero-order chi connectivity index (χ0) is 9.84. The van der Waals surface area contributed by atoms with E-state index in [0.29, 0.717) is 6.04 Å². The molecule has 1 fully saturated rings. The summed E-state index contributed by atoms with van der Waals surface area (Å²) in [5.41, 5.74) is 0. The molecule has 0 N–H and O–H groups in total. The summed E-state index contributed by atoms with van der Waals surface area (Å²) < 4.78 is 0. The van der Waals surface area contributed by atoms with Gasteiger partial charge in [-0.3, -0.25) is 4.79 Å². The molecule has 1 saturated heterocycles. The Labute approximate surface area is 84.6 Å². The van der Waals surface area contributed by atoms with Gasteiger partial charge in [-0.2, -0.15) is 0 Å². The first-order chi connectivity index (χ1) is 6.15. The SMILES string of the molecule is CN(C)C[C@@H]1CCCN1C(=O)CCl. The van der Waals surface area contributed by atoms with Crippen LogP contribution in [0.5, 0.6) is 0 Å². The summed E-state index contributed by atoms with van der Waals surface area (Å²) in [5, 5.41) is 0. The number of alkyl halides is 1. The lowest BCUT2D eigenvalue weighted by molar-refractivity contribution is -0.129. The van der Waals surface area contributed by atoms with Crippen LogP contribution in [0.25, 0.3) is 0 Å². The third kappa shape index (κ3) is 2.85. The van der Waals surface area contributed by atoms with Crippen LogP contribution >= 0.6 is 11.6 Å². The summed E-state index contributed by atoms with van der Waals surface area (Å²) in [6.07, 6.45) is 2.22. The fourth-order valence-corrected chi connectivity index (χ4v) is 2.01. The second kappa shape index (κ2) is 4.82. The molecule has 0 bridgehead atoms. The number of hydrogen-bond donors (Lipinski definition) is 0. The highest BCUT2D eigenvalue weighted by atomic mass is 35.5. The summed E-state index contributed by atoms with van der Waals surface area (Å²) in [4.78, 5) is 15.4. The highest BCUT2D eigenvalue weighted by molar-refractivity contribution is 6.27. The summed E-state index contributed by atoms with van der Waals surface area (Å²) in [6.45, 7) is 1.83. The van der Waals surface area contributed by atoms with Gasteiger partial charge < -0.3 is 9.80 Å². The molecule has 13 heavy (non-hydrogen) atoms. The number of carbonyl (C=O) groups excluding carboxylic acids is 1. The lowest BCUT2D eigenvalue weighted by atomic mass is 10.2. The molecule has 4 heteroatoms. The van der Waals surface area contributed by atoms with E-state index in [4.69, 9.17) is 11.6 Å². The van der Waals surface area contributed by atoms with Crippen molar-refractivity contribution >= 4 is 17.5 Å². The summed E-state index contributed by atoms with van der Waals surface area (Å²) >= 11 is 5.53. The number of rotatable bonds is 3. The van der Waals surface area contributed by atoms with Crippen LogP contribution in [-0.2, 0) is 4.79 Å². The minimum atomic E-state index is 0.0750. The first kappa shape index (κ1) is 10.8. The first-order valence-corrected chi connectivity index (χ1v) is 5.18. The lowest BCUT2D eigenvalue weighted by Crippen LogP contribution is -2.41. The van der Waals surface area contributed by atoms with Crippen molar-refractivity contribution in [2.45, 2.75) is 18.9 Å². The number of hydrogen-bond acceptors (Lipinski definition) is 2. The van der Waals surface area contributed by atoms with Crippen LogP contribution < -0.4 is 0 Å². The molecule has 1 amide bonds. The van der Waals surface area contributed by atoms with E-state index < -0.39 is 0 Å². The molecule has 0 spiro atoms. The number of halogens is 1. The van der Waals surface area contributed by atoms with Crippen LogP contribution in [0.4, 0.5) is 0 Å². The Balaban J connectivity index is 2.48. The Hall–Kier alpha value is -0.280. The van der Waals surface area contributed by atoms with Gasteiger partial charge in [0.25, 0.3) is 0 Å². The molecule has 1 heterocycles. The Kier molecular flexibility index (Phi) is 4.00. The predicted octanol–water partition coefficient (Wildman–Crippen LogP) is 0.778. The first-order valence-electron chi connectivity index (χ1n) is 4.65. The zero-order valence-corrected chi connectivity index (χ0v) is 9.05. The maximum absolute atomic E-state index is 11.4. The molecule has 0 aliphatic carbocycles. The summed E-state index contributed by atoms with van der Waals surface area (Å²) in [7, 11) is 4.06. The van der Waals surface area contributed by atoms with Gasteiger partial charge in [-0.1, -0.05) is 0 Å². The van der Waals surface area contributed by atoms with Crippen molar-refractivity contribution < 1.29 is 4.79 Å². The smallest absolute Gasteiger partial charge is 0.237 e. The minimum Gasteiger partial charge on any atom is -0.337 e. The van der Waals surface area contributed by atoms with Crippen molar-refractivity contribution in [3.63, 3.8) is 0 Å². The van der Waals surface area contributed by atoms with Gasteiger partial charge in [-0.05, 0) is 26.9 Å². The fraction of sp³-hybridized carbons (Fsp3) is 0.889. The van der Waals surface area contributed by atoms with Crippen LogP contribution in [0.3, 0.4) is 0 Å². The number of nitrogens with zero attached hydrogens (tertiary/aromatic N) is 2.